The molecule has 34 heavy (non-hydrogen) atoms. The molecule has 0 heterocycles. The lowest BCUT2D eigenvalue weighted by Gasteiger charge is -2.36. The molecule has 197 valence electrons. The third-order valence-corrected chi connectivity index (χ3v) is 18.6. The van der Waals surface area contributed by atoms with Gasteiger partial charge in [-0.25, -0.2) is 9.59 Å². The maximum absolute atomic E-state index is 11.5. The van der Waals surface area contributed by atoms with Crippen LogP contribution < -0.4 is 0 Å². The van der Waals surface area contributed by atoms with Crippen LogP contribution >= 0.6 is 0 Å². The molecule has 0 rings (SSSR count). The summed E-state index contributed by atoms with van der Waals surface area (Å²) < 4.78 is 29.7. The van der Waals surface area contributed by atoms with E-state index in [0.717, 1.165) is 37.8 Å². The van der Waals surface area contributed by atoms with E-state index in [4.69, 9.17) is 21.8 Å². The van der Waals surface area contributed by atoms with Crippen molar-refractivity contribution >= 4 is 46.4 Å². The van der Waals surface area contributed by atoms with E-state index >= 15 is 0 Å². The fraction of sp³-hybridized carbons (Fsp3) is 0.739. The zero-order chi connectivity index (χ0) is 26.6. The van der Waals surface area contributed by atoms with Gasteiger partial charge in [-0.1, -0.05) is 26.0 Å². The summed E-state index contributed by atoms with van der Waals surface area (Å²) in [6.07, 6.45) is 3.55. The molecule has 0 aliphatic heterocycles. The van der Waals surface area contributed by atoms with Crippen molar-refractivity contribution in [1.82, 2.24) is 0 Å². The minimum Gasteiger partial charge on any atom is -0.462 e. The Balaban J connectivity index is 4.36. The summed E-state index contributed by atoms with van der Waals surface area (Å²) in [5.74, 6) is -0.657. The van der Waals surface area contributed by atoms with Gasteiger partial charge in [0.2, 0.25) is 0 Å². The van der Waals surface area contributed by atoms with E-state index in [1.54, 1.807) is 13.8 Å². The molecule has 7 nitrogen and oxygen atoms in total. The maximum Gasteiger partial charge on any atom is 0.360 e. The van der Waals surface area contributed by atoms with E-state index in [0.29, 0.717) is 24.4 Å². The highest BCUT2D eigenvalue weighted by Gasteiger charge is 2.38. The van der Waals surface area contributed by atoms with Crippen molar-refractivity contribution in [2.45, 2.75) is 97.4 Å². The van der Waals surface area contributed by atoms with Gasteiger partial charge in [0.25, 0.3) is 0 Å². The normalized spacial score (nSPS) is 12.5. The number of ether oxygens (including phenoxy) is 2. The van der Waals surface area contributed by atoms with Crippen molar-refractivity contribution in [3.8, 4) is 0 Å². The number of carbonyl (C=O) groups is 2. The van der Waals surface area contributed by atoms with Crippen LogP contribution in [0.15, 0.2) is 24.3 Å². The van der Waals surface area contributed by atoms with Gasteiger partial charge in [-0.3, -0.25) is 0 Å². The summed E-state index contributed by atoms with van der Waals surface area (Å²) in [4.78, 5) is 22.9. The predicted octanol–water partition coefficient (Wildman–Crippen LogP) is 6.07. The van der Waals surface area contributed by atoms with Crippen LogP contribution in [0, 0.1) is 0 Å². The molecule has 0 N–H and O–H groups in total. The molecule has 0 fully saturated rings. The Kier molecular flexibility index (Phi) is 14.9. The lowest BCUT2D eigenvalue weighted by Crippen LogP contribution is -2.51. The van der Waals surface area contributed by atoms with Crippen molar-refractivity contribution < 1.29 is 31.4 Å². The van der Waals surface area contributed by atoms with Gasteiger partial charge < -0.3 is 21.8 Å². The zero-order valence-electron chi connectivity index (χ0n) is 22.9. The first-order valence-corrected chi connectivity index (χ1v) is 22.9. The Morgan fingerprint density at radius 2 is 1.12 bits per heavy atom. The van der Waals surface area contributed by atoms with Crippen molar-refractivity contribution in [2.24, 2.45) is 0 Å². The highest BCUT2D eigenvalue weighted by molar-refractivity contribution is 6.85. The Morgan fingerprint density at radius 1 is 0.706 bits per heavy atom. The number of hydrogen-bond acceptors (Lipinski definition) is 7. The molecule has 0 aliphatic rings. The van der Waals surface area contributed by atoms with Crippen molar-refractivity contribution in [1.29, 1.82) is 0 Å². The predicted molar refractivity (Wildman–Crippen MR) is 147 cm³/mol. The maximum atomic E-state index is 11.5. The first kappa shape index (κ1) is 33.2. The molecule has 0 aromatic rings. The number of rotatable bonds is 18. The Hall–Kier alpha value is -0.832. The van der Waals surface area contributed by atoms with E-state index < -0.39 is 34.5 Å². The van der Waals surface area contributed by atoms with Crippen LogP contribution in [0.2, 0.25) is 57.9 Å². The lowest BCUT2D eigenvalue weighted by atomic mass is 10.3. The molecule has 0 aromatic carbocycles. The van der Waals surface area contributed by atoms with E-state index in [2.05, 4.69) is 59.0 Å². The quantitative estimate of drug-likeness (QED) is 0.0892. The van der Waals surface area contributed by atoms with Crippen LogP contribution in [0.1, 0.15) is 39.5 Å². The molecule has 0 saturated heterocycles. The third kappa shape index (κ3) is 16.7. The summed E-state index contributed by atoms with van der Waals surface area (Å²) in [5.41, 5.74) is 0.857. The summed E-state index contributed by atoms with van der Waals surface area (Å²) in [5, 5.41) is 0. The van der Waals surface area contributed by atoms with Crippen molar-refractivity contribution in [3.63, 3.8) is 0 Å². The highest BCUT2D eigenvalue weighted by Crippen LogP contribution is 2.24. The molecular weight excluding hydrogens is 501 g/mol. The summed E-state index contributed by atoms with van der Waals surface area (Å²) >= 11 is 0. The molecule has 0 bridgehead atoms. The fourth-order valence-electron chi connectivity index (χ4n) is 3.43. The monoisotopic (exact) mass is 547 g/mol. The molecule has 11 heteroatoms. The number of hydrogen-bond donors (Lipinski definition) is 0. The van der Waals surface area contributed by atoms with Crippen LogP contribution in [-0.2, 0) is 31.4 Å². The van der Waals surface area contributed by atoms with Crippen LogP contribution in [-0.4, -0.2) is 59.6 Å². The smallest absolute Gasteiger partial charge is 0.360 e. The van der Waals surface area contributed by atoms with Crippen LogP contribution in [0.4, 0.5) is 0 Å². The SMILES string of the molecule is C=C(C)C(=O)OCCCC[Si](C)(C)O[Si](C)O[Si](C)(C)O[Si](C)(C)CCCCOC(=O)C(=C)C. The number of esters is 2. The van der Waals surface area contributed by atoms with Gasteiger partial charge in [-0.05, 0) is 84.6 Å². The van der Waals surface area contributed by atoms with Gasteiger partial charge in [-0.15, -0.1) is 0 Å². The van der Waals surface area contributed by atoms with E-state index in [-0.39, 0.29) is 11.9 Å². The molecule has 0 aromatic heterocycles. The Labute approximate surface area is 212 Å². The van der Waals surface area contributed by atoms with Gasteiger partial charge in [0.05, 0.1) is 13.2 Å². The average molecular weight is 548 g/mol. The second-order valence-corrected chi connectivity index (χ2v) is 24.7. The lowest BCUT2D eigenvalue weighted by molar-refractivity contribution is -0.139. The summed E-state index contributed by atoms with van der Waals surface area (Å²) in [6.45, 7) is 26.4. The number of carbonyl (C=O) groups excluding carboxylic acids is 2. The second-order valence-electron chi connectivity index (χ2n) is 10.5. The van der Waals surface area contributed by atoms with Crippen molar-refractivity contribution in [3.05, 3.63) is 24.3 Å². The van der Waals surface area contributed by atoms with E-state index in [9.17, 15) is 9.59 Å². The van der Waals surface area contributed by atoms with Crippen LogP contribution in [0.5, 0.6) is 0 Å². The van der Waals surface area contributed by atoms with Gasteiger partial charge in [0.1, 0.15) is 0 Å². The molecule has 0 spiro atoms. The van der Waals surface area contributed by atoms with Crippen LogP contribution in [0.25, 0.3) is 0 Å². The minimum absolute atomic E-state index is 0.329. The fourth-order valence-corrected chi connectivity index (χ4v) is 18.7. The minimum atomic E-state index is -2.33. The molecule has 1 radical (unpaired) electrons. The summed E-state index contributed by atoms with van der Waals surface area (Å²) in [6, 6.07) is 1.97. The Bertz CT molecular complexity index is 693. The molecule has 0 saturated carbocycles. The largest absolute Gasteiger partial charge is 0.462 e. The average Bonchev–Trinajstić information content (AvgIpc) is 2.64. The van der Waals surface area contributed by atoms with Gasteiger partial charge >= 0.3 is 29.8 Å². The number of unbranched alkanes of at least 4 members (excludes halogenated alkanes) is 2. The first-order valence-electron chi connectivity index (χ1n) is 12.0. The van der Waals surface area contributed by atoms with Crippen molar-refractivity contribution in [2.75, 3.05) is 13.2 Å². The van der Waals surface area contributed by atoms with E-state index in [1.807, 2.05) is 0 Å². The molecule has 0 aliphatic carbocycles. The Morgan fingerprint density at radius 3 is 1.53 bits per heavy atom. The van der Waals surface area contributed by atoms with Gasteiger partial charge in [0, 0.05) is 11.1 Å². The first-order chi connectivity index (χ1) is 15.5. The summed E-state index contributed by atoms with van der Waals surface area (Å²) in [7, 11) is -7.54. The third-order valence-electron chi connectivity index (χ3n) is 4.84. The standard InChI is InChI=1S/C23H47O7Si4/c1-20(2)22(24)26-16-12-14-18-32(6,7)28-31(5)29-34(10,11)30-33(8,9)19-15-13-17-27-23(25)21(3)4/h1,3,12-19H2,2,4-11H3. The topological polar surface area (TPSA) is 80.3 Å². The molecule has 0 unspecified atom stereocenters. The van der Waals surface area contributed by atoms with Gasteiger partial charge in [0.15, 0.2) is 16.6 Å². The van der Waals surface area contributed by atoms with Crippen LogP contribution in [0.3, 0.4) is 0 Å². The molecule has 0 amide bonds. The molecule has 0 atom stereocenters. The second kappa shape index (κ2) is 15.3. The zero-order valence-corrected chi connectivity index (χ0v) is 26.9. The van der Waals surface area contributed by atoms with Gasteiger partial charge in [-0.2, -0.15) is 0 Å². The molecular formula is C23H47O7Si4. The highest BCUT2D eigenvalue weighted by atomic mass is 28.5. The van der Waals surface area contributed by atoms with E-state index in [1.165, 1.54) is 0 Å².